The fourth-order valence-corrected chi connectivity index (χ4v) is 3.22. The molecule has 0 aromatic heterocycles. The van der Waals surface area contributed by atoms with E-state index in [1.54, 1.807) is 0 Å². The van der Waals surface area contributed by atoms with Crippen LogP contribution in [0.5, 0.6) is 0 Å². The highest BCUT2D eigenvalue weighted by Crippen LogP contribution is 2.41. The summed E-state index contributed by atoms with van der Waals surface area (Å²) in [7, 11) is 0. The third kappa shape index (κ3) is 1.84. The second-order valence-electron chi connectivity index (χ2n) is 4.32. The molecule has 1 heterocycles. The van der Waals surface area contributed by atoms with Crippen LogP contribution in [0, 0.1) is 11.8 Å². The van der Waals surface area contributed by atoms with Crippen molar-refractivity contribution in [2.24, 2.45) is 17.6 Å². The van der Waals surface area contributed by atoms with E-state index in [4.69, 9.17) is 5.73 Å². The van der Waals surface area contributed by atoms with Gasteiger partial charge in [-0.2, -0.15) is 0 Å². The van der Waals surface area contributed by atoms with Gasteiger partial charge in [0.15, 0.2) is 0 Å². The fourth-order valence-electron chi connectivity index (χ4n) is 2.54. The van der Waals surface area contributed by atoms with Crippen LogP contribution in [0.1, 0.15) is 13.3 Å². The molecule has 2 nitrogen and oxygen atoms in total. The lowest BCUT2D eigenvalue weighted by atomic mass is 9.83. The van der Waals surface area contributed by atoms with Crippen LogP contribution >= 0.6 is 16.1 Å². The van der Waals surface area contributed by atoms with E-state index in [1.165, 1.54) is 5.57 Å². The predicted molar refractivity (Wildman–Crippen MR) is 71.5 cm³/mol. The maximum Gasteiger partial charge on any atom is 0.0526 e. The lowest BCUT2D eigenvalue weighted by molar-refractivity contribution is 0.360. The Morgan fingerprint density at radius 1 is 1.69 bits per heavy atom. The fraction of sp³-hybridized carbons (Fsp3) is 0.385. The number of hydrogen-bond acceptors (Lipinski definition) is 2. The molecule has 1 aliphatic carbocycles. The summed E-state index contributed by atoms with van der Waals surface area (Å²) in [6, 6.07) is 0. The van der Waals surface area contributed by atoms with Gasteiger partial charge >= 0.3 is 0 Å². The van der Waals surface area contributed by atoms with Crippen LogP contribution in [0.4, 0.5) is 0 Å². The standard InChI is InChI=1S/C13H17BrN2/c1-3-5-12-13(9(2)15)11-7-4-6-10(11)8-16(12)14/h3-5,7,10-11H,2,6,8,15H2,1H3/b5-3-. The first kappa shape index (κ1) is 11.5. The highest BCUT2D eigenvalue weighted by atomic mass is 79.9. The van der Waals surface area contributed by atoms with Crippen LogP contribution in [0.25, 0.3) is 0 Å². The lowest BCUT2D eigenvalue weighted by Crippen LogP contribution is -2.33. The van der Waals surface area contributed by atoms with E-state index in [9.17, 15) is 0 Å². The molecule has 2 aliphatic rings. The molecule has 0 radical (unpaired) electrons. The topological polar surface area (TPSA) is 29.3 Å². The Balaban J connectivity index is 2.48. The first-order chi connectivity index (χ1) is 7.65. The van der Waals surface area contributed by atoms with E-state index >= 15 is 0 Å². The van der Waals surface area contributed by atoms with Crippen molar-refractivity contribution in [3.05, 3.63) is 47.9 Å². The van der Waals surface area contributed by atoms with E-state index < -0.39 is 0 Å². The van der Waals surface area contributed by atoms with Gasteiger partial charge in [0.05, 0.1) is 5.70 Å². The zero-order valence-corrected chi connectivity index (χ0v) is 11.1. The minimum atomic E-state index is 0.442. The summed E-state index contributed by atoms with van der Waals surface area (Å²) in [4.78, 5) is 0. The van der Waals surface area contributed by atoms with Crippen LogP contribution in [-0.4, -0.2) is 10.5 Å². The summed E-state index contributed by atoms with van der Waals surface area (Å²) < 4.78 is 2.11. The molecule has 2 N–H and O–H groups in total. The summed E-state index contributed by atoms with van der Waals surface area (Å²) in [5.74, 6) is 1.07. The average molecular weight is 281 g/mol. The van der Waals surface area contributed by atoms with Crippen molar-refractivity contribution in [3.8, 4) is 0 Å². The van der Waals surface area contributed by atoms with Gasteiger partial charge in [0, 0.05) is 39.9 Å². The van der Waals surface area contributed by atoms with Crippen molar-refractivity contribution in [3.63, 3.8) is 0 Å². The largest absolute Gasteiger partial charge is 0.399 e. The molecular formula is C13H17BrN2. The molecule has 86 valence electrons. The van der Waals surface area contributed by atoms with Crippen LogP contribution in [-0.2, 0) is 0 Å². The van der Waals surface area contributed by atoms with Gasteiger partial charge in [-0.25, -0.2) is 0 Å². The SMILES string of the molecule is C=C(N)C1=C(/C=C\C)N(Br)CC2CC=CC12. The second kappa shape index (κ2) is 4.50. The number of rotatable bonds is 2. The summed E-state index contributed by atoms with van der Waals surface area (Å²) >= 11 is 3.60. The van der Waals surface area contributed by atoms with Crippen LogP contribution < -0.4 is 5.73 Å². The zero-order valence-electron chi connectivity index (χ0n) is 9.49. The maximum absolute atomic E-state index is 5.94. The number of halogens is 1. The Morgan fingerprint density at radius 3 is 3.06 bits per heavy atom. The molecule has 0 saturated heterocycles. The number of allylic oxidation sites excluding steroid dienone is 5. The predicted octanol–water partition coefficient (Wildman–Crippen LogP) is 3.11. The molecule has 0 fully saturated rings. The van der Waals surface area contributed by atoms with E-state index in [2.05, 4.69) is 44.9 Å². The maximum atomic E-state index is 5.94. The molecular weight excluding hydrogens is 264 g/mol. The smallest absolute Gasteiger partial charge is 0.0526 e. The Morgan fingerprint density at radius 2 is 2.44 bits per heavy atom. The molecule has 0 aromatic rings. The summed E-state index contributed by atoms with van der Waals surface area (Å²) in [6.07, 6.45) is 9.77. The van der Waals surface area contributed by atoms with E-state index in [0.29, 0.717) is 17.5 Å². The molecule has 0 aromatic carbocycles. The van der Waals surface area contributed by atoms with E-state index in [0.717, 1.165) is 18.7 Å². The van der Waals surface area contributed by atoms with Gasteiger partial charge in [0.2, 0.25) is 0 Å². The lowest BCUT2D eigenvalue weighted by Gasteiger charge is -2.35. The molecule has 0 saturated carbocycles. The van der Waals surface area contributed by atoms with Gasteiger partial charge in [-0.3, -0.25) is 0 Å². The van der Waals surface area contributed by atoms with Gasteiger partial charge < -0.3 is 9.66 Å². The highest BCUT2D eigenvalue weighted by molar-refractivity contribution is 9.07. The second-order valence-corrected chi connectivity index (χ2v) is 5.17. The number of hydrogen-bond donors (Lipinski definition) is 1. The average Bonchev–Trinajstić information content (AvgIpc) is 2.65. The van der Waals surface area contributed by atoms with Gasteiger partial charge in [0.1, 0.15) is 0 Å². The van der Waals surface area contributed by atoms with Gasteiger partial charge in [-0.05, 0) is 25.3 Å². The molecule has 0 bridgehead atoms. The summed E-state index contributed by atoms with van der Waals surface area (Å²) in [5.41, 5.74) is 8.93. The van der Waals surface area contributed by atoms with Gasteiger partial charge in [0.25, 0.3) is 0 Å². The first-order valence-corrected chi connectivity index (χ1v) is 6.27. The Kier molecular flexibility index (Phi) is 3.24. The van der Waals surface area contributed by atoms with Crippen LogP contribution in [0.2, 0.25) is 0 Å². The highest BCUT2D eigenvalue weighted by Gasteiger charge is 2.34. The summed E-state index contributed by atoms with van der Waals surface area (Å²) in [5, 5.41) is 0. The van der Waals surface area contributed by atoms with E-state index in [-0.39, 0.29) is 0 Å². The number of nitrogens with two attached hydrogens (primary N) is 1. The van der Waals surface area contributed by atoms with Crippen molar-refractivity contribution in [1.82, 2.24) is 3.93 Å². The molecule has 3 heteroatoms. The molecule has 0 amide bonds. The van der Waals surface area contributed by atoms with Crippen LogP contribution in [0.15, 0.2) is 47.9 Å². The van der Waals surface area contributed by atoms with Crippen molar-refractivity contribution < 1.29 is 0 Å². The molecule has 16 heavy (non-hydrogen) atoms. The third-order valence-electron chi connectivity index (χ3n) is 3.23. The molecule has 1 aliphatic heterocycles. The Labute approximate surface area is 106 Å². The Bertz CT molecular complexity index is 393. The molecule has 0 spiro atoms. The van der Waals surface area contributed by atoms with Crippen molar-refractivity contribution >= 4 is 16.1 Å². The summed E-state index contributed by atoms with van der Waals surface area (Å²) in [6.45, 7) is 6.95. The van der Waals surface area contributed by atoms with Crippen LogP contribution in [0.3, 0.4) is 0 Å². The molecule has 2 unspecified atom stereocenters. The van der Waals surface area contributed by atoms with Gasteiger partial charge in [-0.1, -0.05) is 24.8 Å². The van der Waals surface area contributed by atoms with Gasteiger partial charge in [-0.15, -0.1) is 0 Å². The third-order valence-corrected chi connectivity index (χ3v) is 3.90. The van der Waals surface area contributed by atoms with Crippen molar-refractivity contribution in [2.45, 2.75) is 13.3 Å². The minimum absolute atomic E-state index is 0.442. The normalized spacial score (nSPS) is 29.0. The zero-order chi connectivity index (χ0) is 11.7. The Hall–Kier alpha value is -0.960. The first-order valence-electron chi connectivity index (χ1n) is 5.56. The number of nitrogens with zero attached hydrogens (tertiary/aromatic N) is 1. The van der Waals surface area contributed by atoms with E-state index in [1.807, 2.05) is 13.0 Å². The van der Waals surface area contributed by atoms with Crippen molar-refractivity contribution in [2.75, 3.05) is 6.54 Å². The monoisotopic (exact) mass is 280 g/mol. The molecule has 2 rings (SSSR count). The quantitative estimate of drug-likeness (QED) is 0.622. The minimum Gasteiger partial charge on any atom is -0.399 e. The van der Waals surface area contributed by atoms with Crippen molar-refractivity contribution in [1.29, 1.82) is 0 Å². The molecule has 2 atom stereocenters. The number of fused-ring (bicyclic) bond motifs is 1.